The van der Waals surface area contributed by atoms with Crippen LogP contribution in [0, 0.1) is 0 Å². The van der Waals surface area contributed by atoms with Crippen molar-refractivity contribution >= 4 is 44.6 Å². The number of halogens is 2. The first-order valence-corrected chi connectivity index (χ1v) is 14.9. The van der Waals surface area contributed by atoms with Gasteiger partial charge in [-0.25, -0.2) is 8.42 Å². The van der Waals surface area contributed by atoms with Crippen LogP contribution in [0.5, 0.6) is 23.0 Å². The molecule has 0 radical (unpaired) electrons. The molecular weight excluding hydrogens is 557 g/mol. The Hall–Kier alpha value is -2.97. The van der Waals surface area contributed by atoms with E-state index in [2.05, 4.69) is 4.90 Å². The molecule has 0 bridgehead atoms. The molecule has 0 spiro atoms. The van der Waals surface area contributed by atoms with Gasteiger partial charge in [-0.05, 0) is 97.5 Å². The van der Waals surface area contributed by atoms with Crippen LogP contribution in [0.3, 0.4) is 0 Å². The molecule has 0 unspecified atom stereocenters. The minimum atomic E-state index is -3.45. The Kier molecular flexibility index (Phi) is 9.28. The van der Waals surface area contributed by atoms with Gasteiger partial charge < -0.3 is 14.6 Å². The number of rotatable bonds is 8. The van der Waals surface area contributed by atoms with Gasteiger partial charge in [0.2, 0.25) is 0 Å². The number of hydrogen-bond acceptors (Lipinski definition) is 6. The van der Waals surface area contributed by atoms with Crippen LogP contribution in [-0.2, 0) is 9.84 Å². The van der Waals surface area contributed by atoms with Gasteiger partial charge in [-0.2, -0.15) is 0 Å². The maximum atomic E-state index is 12.0. The smallest absolute Gasteiger partial charge is 0.176 e. The highest BCUT2D eigenvalue weighted by molar-refractivity contribution is 7.90. The van der Waals surface area contributed by atoms with Crippen LogP contribution < -0.4 is 9.47 Å². The average molecular weight is 589 g/mol. The van der Waals surface area contributed by atoms with Gasteiger partial charge in [0.05, 0.1) is 9.92 Å². The molecule has 1 fully saturated rings. The number of nitrogens with zero attached hydrogens (tertiary/aromatic N) is 1. The first-order valence-electron chi connectivity index (χ1n) is 12.7. The van der Waals surface area contributed by atoms with Gasteiger partial charge in [0.15, 0.2) is 9.84 Å². The Balaban J connectivity index is 0.00000353. The molecule has 1 aliphatic rings. The number of likely N-dealkylation sites (tertiary alicyclic amines) is 1. The average Bonchev–Trinajstić information content (AvgIpc) is 2.89. The SMILES string of the molecule is CS(=O)(=O)c1ccc(-c2ccc3cc(O)ccc3c2Oc2ccc(OCCN3CCCCC3)cc2)cc1Cl.Cl. The van der Waals surface area contributed by atoms with E-state index in [1.807, 2.05) is 36.4 Å². The van der Waals surface area contributed by atoms with Crippen molar-refractivity contribution < 1.29 is 23.0 Å². The molecule has 1 heterocycles. The van der Waals surface area contributed by atoms with E-state index < -0.39 is 9.84 Å². The molecule has 9 heteroatoms. The molecule has 0 aromatic heterocycles. The lowest BCUT2D eigenvalue weighted by Gasteiger charge is -2.26. The third kappa shape index (κ3) is 6.97. The van der Waals surface area contributed by atoms with Crippen molar-refractivity contribution in [2.75, 3.05) is 32.5 Å². The van der Waals surface area contributed by atoms with Gasteiger partial charge in [-0.3, -0.25) is 4.90 Å². The Morgan fingerprint density at radius 3 is 2.31 bits per heavy atom. The molecular formula is C30H31Cl2NO5S. The van der Waals surface area contributed by atoms with Gasteiger partial charge in [0.25, 0.3) is 0 Å². The molecule has 39 heavy (non-hydrogen) atoms. The first-order chi connectivity index (χ1) is 18.3. The molecule has 206 valence electrons. The van der Waals surface area contributed by atoms with Gasteiger partial charge in [0, 0.05) is 23.8 Å². The van der Waals surface area contributed by atoms with E-state index in [0.29, 0.717) is 23.7 Å². The van der Waals surface area contributed by atoms with Crippen molar-refractivity contribution in [2.24, 2.45) is 0 Å². The van der Waals surface area contributed by atoms with Crippen molar-refractivity contribution in [3.63, 3.8) is 0 Å². The van der Waals surface area contributed by atoms with E-state index in [4.69, 9.17) is 21.1 Å². The fraction of sp³-hybridized carbons (Fsp3) is 0.267. The number of phenolic OH excluding ortho intramolecular Hbond substituents is 1. The number of sulfone groups is 1. The largest absolute Gasteiger partial charge is 0.508 e. The molecule has 0 atom stereocenters. The number of fused-ring (bicyclic) bond motifs is 1. The number of piperidine rings is 1. The molecule has 1 N–H and O–H groups in total. The summed E-state index contributed by atoms with van der Waals surface area (Å²) in [5, 5.41) is 11.7. The Labute approximate surface area is 240 Å². The van der Waals surface area contributed by atoms with Gasteiger partial charge in [-0.15, -0.1) is 12.4 Å². The Morgan fingerprint density at radius 1 is 0.897 bits per heavy atom. The van der Waals surface area contributed by atoms with Crippen LogP contribution in [0.25, 0.3) is 21.9 Å². The van der Waals surface area contributed by atoms with E-state index in [1.165, 1.54) is 25.3 Å². The second-order valence-electron chi connectivity index (χ2n) is 9.59. The minimum Gasteiger partial charge on any atom is -0.508 e. The molecule has 4 aromatic rings. The van der Waals surface area contributed by atoms with Crippen LogP contribution in [0.2, 0.25) is 5.02 Å². The highest BCUT2D eigenvalue weighted by Gasteiger charge is 2.17. The summed E-state index contributed by atoms with van der Waals surface area (Å²) in [7, 11) is -3.45. The third-order valence-electron chi connectivity index (χ3n) is 6.76. The van der Waals surface area contributed by atoms with E-state index in [-0.39, 0.29) is 28.1 Å². The number of hydrogen-bond donors (Lipinski definition) is 1. The molecule has 5 rings (SSSR count). The van der Waals surface area contributed by atoms with E-state index >= 15 is 0 Å². The summed E-state index contributed by atoms with van der Waals surface area (Å²) in [5.74, 6) is 2.13. The van der Waals surface area contributed by atoms with Crippen LogP contribution in [0.4, 0.5) is 0 Å². The minimum absolute atomic E-state index is 0. The van der Waals surface area contributed by atoms with Crippen molar-refractivity contribution in [3.05, 3.63) is 77.8 Å². The molecule has 1 aliphatic heterocycles. The summed E-state index contributed by atoms with van der Waals surface area (Å²) in [4.78, 5) is 2.52. The van der Waals surface area contributed by atoms with E-state index in [0.717, 1.165) is 48.0 Å². The highest BCUT2D eigenvalue weighted by Crippen LogP contribution is 2.42. The monoisotopic (exact) mass is 587 g/mol. The Bertz CT molecular complexity index is 1550. The van der Waals surface area contributed by atoms with Crippen molar-refractivity contribution in [1.29, 1.82) is 0 Å². The fourth-order valence-corrected chi connectivity index (χ4v) is 6.12. The predicted octanol–water partition coefficient (Wildman–Crippen LogP) is 7.35. The molecule has 1 saturated heterocycles. The van der Waals surface area contributed by atoms with Gasteiger partial charge in [0.1, 0.15) is 29.6 Å². The lowest BCUT2D eigenvalue weighted by Crippen LogP contribution is -2.33. The van der Waals surface area contributed by atoms with Gasteiger partial charge in [-0.1, -0.05) is 30.2 Å². The van der Waals surface area contributed by atoms with Crippen LogP contribution in [-0.4, -0.2) is 50.9 Å². The number of phenols is 1. The number of ether oxygens (including phenoxy) is 2. The van der Waals surface area contributed by atoms with Crippen LogP contribution in [0.15, 0.2) is 77.7 Å². The predicted molar refractivity (Wildman–Crippen MR) is 159 cm³/mol. The molecule has 6 nitrogen and oxygen atoms in total. The molecule has 4 aromatic carbocycles. The summed E-state index contributed by atoms with van der Waals surface area (Å²) in [5.41, 5.74) is 1.46. The van der Waals surface area contributed by atoms with E-state index in [1.54, 1.807) is 30.3 Å². The summed E-state index contributed by atoms with van der Waals surface area (Å²) < 4.78 is 36.4. The van der Waals surface area contributed by atoms with Crippen LogP contribution in [0.1, 0.15) is 19.3 Å². The number of aromatic hydroxyl groups is 1. The van der Waals surface area contributed by atoms with Crippen LogP contribution >= 0.6 is 24.0 Å². The lowest BCUT2D eigenvalue weighted by atomic mass is 9.99. The maximum absolute atomic E-state index is 12.0. The second kappa shape index (κ2) is 12.5. The zero-order valence-electron chi connectivity index (χ0n) is 21.6. The fourth-order valence-electron chi connectivity index (χ4n) is 4.79. The zero-order valence-corrected chi connectivity index (χ0v) is 24.0. The molecule has 0 aliphatic carbocycles. The third-order valence-corrected chi connectivity index (χ3v) is 8.34. The van der Waals surface area contributed by atoms with Crippen molar-refractivity contribution in [2.45, 2.75) is 24.2 Å². The van der Waals surface area contributed by atoms with Crippen molar-refractivity contribution in [1.82, 2.24) is 4.90 Å². The lowest BCUT2D eigenvalue weighted by molar-refractivity contribution is 0.183. The topological polar surface area (TPSA) is 76.1 Å². The Morgan fingerprint density at radius 2 is 1.62 bits per heavy atom. The van der Waals surface area contributed by atoms with Crippen molar-refractivity contribution in [3.8, 4) is 34.1 Å². The summed E-state index contributed by atoms with van der Waals surface area (Å²) in [6, 6.07) is 21.2. The maximum Gasteiger partial charge on any atom is 0.176 e. The zero-order chi connectivity index (χ0) is 26.7. The quantitative estimate of drug-likeness (QED) is 0.232. The highest BCUT2D eigenvalue weighted by atomic mass is 35.5. The second-order valence-corrected chi connectivity index (χ2v) is 12.0. The van der Waals surface area contributed by atoms with Gasteiger partial charge >= 0.3 is 0 Å². The number of benzene rings is 4. The summed E-state index contributed by atoms with van der Waals surface area (Å²) in [6.45, 7) is 3.85. The first kappa shape index (κ1) is 29.0. The standard InChI is InChI=1S/C30H30ClNO5S.ClH/c1-38(34,35)29-14-6-22(20-28(29)31)26-12-5-21-19-23(33)7-13-27(21)30(26)37-25-10-8-24(9-11-25)36-18-17-32-15-3-2-4-16-32;/h5-14,19-20,33H,2-4,15-18H2,1H3;1H. The molecule has 0 saturated carbocycles. The van der Waals surface area contributed by atoms with E-state index in [9.17, 15) is 13.5 Å². The summed E-state index contributed by atoms with van der Waals surface area (Å²) >= 11 is 6.35. The molecule has 0 amide bonds. The summed E-state index contributed by atoms with van der Waals surface area (Å²) in [6.07, 6.45) is 4.97. The normalized spacial score (nSPS) is 14.1.